The molecule has 96 valence electrons. The van der Waals surface area contributed by atoms with E-state index in [9.17, 15) is 0 Å². The van der Waals surface area contributed by atoms with E-state index in [0.29, 0.717) is 6.04 Å². The molecule has 4 heteroatoms. The van der Waals surface area contributed by atoms with Crippen LogP contribution in [-0.4, -0.2) is 27.5 Å². The van der Waals surface area contributed by atoms with E-state index in [4.69, 9.17) is 0 Å². The lowest BCUT2D eigenvalue weighted by atomic mass is 10.0. The summed E-state index contributed by atoms with van der Waals surface area (Å²) in [5.41, 5.74) is 3.07. The summed E-state index contributed by atoms with van der Waals surface area (Å²) < 4.78 is 0. The number of nitrogens with zero attached hydrogens (tertiary/aromatic N) is 2. The van der Waals surface area contributed by atoms with Crippen LogP contribution in [0.3, 0.4) is 0 Å². The van der Waals surface area contributed by atoms with Crippen molar-refractivity contribution in [2.75, 3.05) is 6.54 Å². The van der Waals surface area contributed by atoms with E-state index in [-0.39, 0.29) is 0 Å². The number of piperidine rings is 1. The minimum atomic E-state index is 0.668. The van der Waals surface area contributed by atoms with Gasteiger partial charge in [0.25, 0.3) is 0 Å². The van der Waals surface area contributed by atoms with Gasteiger partial charge in [0.1, 0.15) is 5.82 Å². The molecule has 3 rings (SSSR count). The molecule has 1 aliphatic heterocycles. The van der Waals surface area contributed by atoms with E-state index in [0.717, 1.165) is 23.4 Å². The largest absolute Gasteiger partial charge is 0.341 e. The number of pyridine rings is 1. The smallest absolute Gasteiger partial charge is 0.177 e. The summed E-state index contributed by atoms with van der Waals surface area (Å²) in [6.07, 6.45) is 8.03. The normalized spacial score (nSPS) is 20.4. The molecule has 0 saturated carbocycles. The molecule has 0 spiro atoms. The van der Waals surface area contributed by atoms with E-state index in [1.165, 1.54) is 37.8 Å². The van der Waals surface area contributed by atoms with Crippen LogP contribution in [0.15, 0.2) is 12.3 Å². The van der Waals surface area contributed by atoms with Crippen LogP contribution in [0.1, 0.15) is 37.1 Å². The highest BCUT2D eigenvalue weighted by Gasteiger charge is 2.13. The zero-order valence-electron chi connectivity index (χ0n) is 10.9. The molecular weight excluding hydrogens is 224 g/mol. The van der Waals surface area contributed by atoms with Gasteiger partial charge in [0.15, 0.2) is 5.65 Å². The Bertz CT molecular complexity index is 526. The molecule has 0 aromatic carbocycles. The predicted octanol–water partition coefficient (Wildman–Crippen LogP) is 2.34. The Morgan fingerprint density at radius 1 is 1.39 bits per heavy atom. The summed E-state index contributed by atoms with van der Waals surface area (Å²) in [6, 6.07) is 2.78. The fourth-order valence-corrected chi connectivity index (χ4v) is 2.65. The Balaban J connectivity index is 1.67. The Kier molecular flexibility index (Phi) is 3.28. The lowest BCUT2D eigenvalue weighted by Crippen LogP contribution is -2.34. The number of fused-ring (bicyclic) bond motifs is 1. The molecule has 0 radical (unpaired) electrons. The number of nitrogens with one attached hydrogen (secondary N) is 2. The van der Waals surface area contributed by atoms with Crippen molar-refractivity contribution in [3.8, 4) is 0 Å². The van der Waals surface area contributed by atoms with Gasteiger partial charge in [-0.2, -0.15) is 0 Å². The van der Waals surface area contributed by atoms with Crippen molar-refractivity contribution in [1.82, 2.24) is 20.3 Å². The van der Waals surface area contributed by atoms with Crippen molar-refractivity contribution in [3.05, 3.63) is 23.7 Å². The molecule has 1 unspecified atom stereocenters. The zero-order chi connectivity index (χ0) is 12.4. The third-order valence-electron chi connectivity index (χ3n) is 3.67. The summed E-state index contributed by atoms with van der Waals surface area (Å²) in [5.74, 6) is 1.07. The van der Waals surface area contributed by atoms with E-state index in [1.54, 1.807) is 0 Å². The van der Waals surface area contributed by atoms with Gasteiger partial charge in [0.2, 0.25) is 0 Å². The van der Waals surface area contributed by atoms with Crippen LogP contribution >= 0.6 is 0 Å². The molecule has 18 heavy (non-hydrogen) atoms. The number of rotatable bonds is 3. The lowest BCUT2D eigenvalue weighted by Gasteiger charge is -2.22. The lowest BCUT2D eigenvalue weighted by molar-refractivity contribution is 0.381. The molecule has 2 aromatic heterocycles. The molecule has 1 aliphatic rings. The number of hydrogen-bond donors (Lipinski definition) is 2. The van der Waals surface area contributed by atoms with Gasteiger partial charge in [-0.3, -0.25) is 0 Å². The monoisotopic (exact) mass is 244 g/mol. The molecule has 0 bridgehead atoms. The maximum Gasteiger partial charge on any atom is 0.177 e. The zero-order valence-corrected chi connectivity index (χ0v) is 10.9. The molecule has 0 amide bonds. The molecule has 1 saturated heterocycles. The summed E-state index contributed by atoms with van der Waals surface area (Å²) in [4.78, 5) is 12.3. The van der Waals surface area contributed by atoms with E-state index in [2.05, 4.69) is 33.3 Å². The van der Waals surface area contributed by atoms with Gasteiger partial charge < -0.3 is 10.3 Å². The number of aryl methyl sites for hydroxylation is 2. The van der Waals surface area contributed by atoms with Crippen LogP contribution in [0, 0.1) is 6.92 Å². The van der Waals surface area contributed by atoms with Crippen molar-refractivity contribution in [2.24, 2.45) is 0 Å². The van der Waals surface area contributed by atoms with Gasteiger partial charge in [0, 0.05) is 18.7 Å². The highest BCUT2D eigenvalue weighted by atomic mass is 15.0. The maximum absolute atomic E-state index is 4.54. The molecule has 1 fully saturated rings. The van der Waals surface area contributed by atoms with Crippen molar-refractivity contribution in [1.29, 1.82) is 0 Å². The SMILES string of the molecule is Cc1cnc2nc(CCC3CCCCN3)[nH]c2c1. The fourth-order valence-electron chi connectivity index (χ4n) is 2.65. The summed E-state index contributed by atoms with van der Waals surface area (Å²) in [7, 11) is 0. The summed E-state index contributed by atoms with van der Waals surface area (Å²) >= 11 is 0. The number of H-pyrrole nitrogens is 1. The van der Waals surface area contributed by atoms with Crippen LogP contribution < -0.4 is 5.32 Å². The van der Waals surface area contributed by atoms with Crippen LogP contribution in [0.5, 0.6) is 0 Å². The van der Waals surface area contributed by atoms with Crippen molar-refractivity contribution in [2.45, 2.75) is 45.1 Å². The van der Waals surface area contributed by atoms with Gasteiger partial charge in [-0.15, -0.1) is 0 Å². The first kappa shape index (κ1) is 11.7. The first-order valence-corrected chi connectivity index (χ1v) is 6.86. The second-order valence-corrected chi connectivity index (χ2v) is 5.25. The maximum atomic E-state index is 4.54. The Labute approximate surface area is 107 Å². The van der Waals surface area contributed by atoms with Gasteiger partial charge in [0.05, 0.1) is 5.52 Å². The average Bonchev–Trinajstić information content (AvgIpc) is 2.79. The molecule has 1 atom stereocenters. The summed E-state index contributed by atoms with van der Waals surface area (Å²) in [6.45, 7) is 3.23. The van der Waals surface area contributed by atoms with Crippen LogP contribution in [-0.2, 0) is 6.42 Å². The van der Waals surface area contributed by atoms with Crippen LogP contribution in [0.4, 0.5) is 0 Å². The fraction of sp³-hybridized carbons (Fsp3) is 0.571. The van der Waals surface area contributed by atoms with Gasteiger partial charge in [-0.25, -0.2) is 9.97 Å². The van der Waals surface area contributed by atoms with Gasteiger partial charge >= 0.3 is 0 Å². The van der Waals surface area contributed by atoms with Crippen molar-refractivity contribution >= 4 is 11.2 Å². The third-order valence-corrected chi connectivity index (χ3v) is 3.67. The molecular formula is C14H20N4. The molecule has 2 aromatic rings. The highest BCUT2D eigenvalue weighted by molar-refractivity contribution is 5.70. The first-order valence-electron chi connectivity index (χ1n) is 6.86. The van der Waals surface area contributed by atoms with E-state index in [1.807, 2.05) is 6.20 Å². The quantitative estimate of drug-likeness (QED) is 0.871. The highest BCUT2D eigenvalue weighted by Crippen LogP contribution is 2.15. The number of aromatic nitrogens is 3. The molecule has 3 heterocycles. The number of imidazole rings is 1. The van der Waals surface area contributed by atoms with Crippen molar-refractivity contribution < 1.29 is 0 Å². The average molecular weight is 244 g/mol. The van der Waals surface area contributed by atoms with Gasteiger partial charge in [-0.1, -0.05) is 6.42 Å². The summed E-state index contributed by atoms with van der Waals surface area (Å²) in [5, 5.41) is 3.57. The molecule has 4 nitrogen and oxygen atoms in total. The standard InChI is InChI=1S/C14H20N4/c1-10-8-12-14(16-9-10)18-13(17-12)6-5-11-4-2-3-7-15-11/h8-9,11,15H,2-7H2,1H3,(H,16,17,18). The van der Waals surface area contributed by atoms with Crippen molar-refractivity contribution in [3.63, 3.8) is 0 Å². The predicted molar refractivity (Wildman–Crippen MR) is 72.6 cm³/mol. The Hall–Kier alpha value is -1.42. The molecule has 0 aliphatic carbocycles. The molecule has 2 N–H and O–H groups in total. The van der Waals surface area contributed by atoms with E-state index < -0.39 is 0 Å². The van der Waals surface area contributed by atoms with Crippen LogP contribution in [0.25, 0.3) is 11.2 Å². The number of aromatic amines is 1. The Morgan fingerprint density at radius 3 is 3.17 bits per heavy atom. The van der Waals surface area contributed by atoms with E-state index >= 15 is 0 Å². The minimum absolute atomic E-state index is 0.668. The second-order valence-electron chi connectivity index (χ2n) is 5.25. The minimum Gasteiger partial charge on any atom is -0.341 e. The second kappa shape index (κ2) is 5.06. The number of hydrogen-bond acceptors (Lipinski definition) is 3. The topological polar surface area (TPSA) is 53.6 Å². The Morgan fingerprint density at radius 2 is 2.33 bits per heavy atom. The first-order chi connectivity index (χ1) is 8.81. The third kappa shape index (κ3) is 2.53. The van der Waals surface area contributed by atoms with Crippen LogP contribution in [0.2, 0.25) is 0 Å². The van der Waals surface area contributed by atoms with Gasteiger partial charge in [-0.05, 0) is 44.4 Å².